The van der Waals surface area contributed by atoms with E-state index in [4.69, 9.17) is 8.85 Å². The van der Waals surface area contributed by atoms with E-state index >= 15 is 0 Å². The Bertz CT molecular complexity index is 121. The molecule has 0 heterocycles. The first-order valence-electron chi connectivity index (χ1n) is 6.38. The van der Waals surface area contributed by atoms with Gasteiger partial charge in [-0.1, -0.05) is 47.0 Å². The molecule has 0 aromatic rings. The molecular formula is C12H27O2Si. The maximum Gasteiger partial charge on any atom is 0.387 e. The predicted octanol–water partition coefficient (Wildman–Crippen LogP) is 3.91. The third kappa shape index (κ3) is 8.00. The summed E-state index contributed by atoms with van der Waals surface area (Å²) in [7, 11) is -1.02. The fourth-order valence-electron chi connectivity index (χ4n) is 1.13. The van der Waals surface area contributed by atoms with Gasteiger partial charge in [-0.2, -0.15) is 0 Å². The summed E-state index contributed by atoms with van der Waals surface area (Å²) < 4.78 is 11.7. The second-order valence-electron chi connectivity index (χ2n) is 4.03. The van der Waals surface area contributed by atoms with Crippen LogP contribution >= 0.6 is 0 Å². The van der Waals surface area contributed by atoms with Crippen molar-refractivity contribution in [1.29, 1.82) is 0 Å². The summed E-state index contributed by atoms with van der Waals surface area (Å²) in [6, 6.07) is 0. The Morgan fingerprint density at radius 3 is 1.73 bits per heavy atom. The first-order chi connectivity index (χ1) is 7.26. The van der Waals surface area contributed by atoms with Crippen LogP contribution < -0.4 is 0 Å². The Labute approximate surface area is 97.2 Å². The normalized spacial score (nSPS) is 13.4. The molecule has 0 spiro atoms. The average molecular weight is 231 g/mol. The maximum absolute atomic E-state index is 5.86. The van der Waals surface area contributed by atoms with E-state index in [2.05, 4.69) is 27.7 Å². The van der Waals surface area contributed by atoms with Gasteiger partial charge in [0.2, 0.25) is 0 Å². The lowest BCUT2D eigenvalue weighted by atomic mass is 10.4. The van der Waals surface area contributed by atoms with Crippen molar-refractivity contribution < 1.29 is 8.85 Å². The van der Waals surface area contributed by atoms with Gasteiger partial charge in [-0.05, 0) is 12.8 Å². The first kappa shape index (κ1) is 15.1. The lowest BCUT2D eigenvalue weighted by Crippen LogP contribution is -2.28. The Kier molecular flexibility index (Phi) is 10.7. The zero-order chi connectivity index (χ0) is 11.5. The van der Waals surface area contributed by atoms with Crippen molar-refractivity contribution in [1.82, 2.24) is 0 Å². The molecule has 0 rings (SSSR count). The Balaban J connectivity index is 3.73. The molecule has 91 valence electrons. The number of rotatable bonds is 10. The SMILES string of the molecule is CCCCO[Si](OCCCC)C(C)CC. The molecule has 1 atom stereocenters. The molecule has 0 aromatic carbocycles. The molecule has 0 aliphatic carbocycles. The highest BCUT2D eigenvalue weighted by Crippen LogP contribution is 2.16. The van der Waals surface area contributed by atoms with Gasteiger partial charge in [-0.15, -0.1) is 0 Å². The minimum absolute atomic E-state index is 0.601. The Morgan fingerprint density at radius 2 is 1.40 bits per heavy atom. The molecule has 0 bridgehead atoms. The summed E-state index contributed by atoms with van der Waals surface area (Å²) in [4.78, 5) is 0. The maximum atomic E-state index is 5.86. The van der Waals surface area contributed by atoms with Crippen molar-refractivity contribution in [3.8, 4) is 0 Å². The van der Waals surface area contributed by atoms with Crippen LogP contribution in [-0.4, -0.2) is 22.5 Å². The van der Waals surface area contributed by atoms with Crippen LogP contribution in [0.15, 0.2) is 0 Å². The zero-order valence-electron chi connectivity index (χ0n) is 10.8. The first-order valence-corrected chi connectivity index (χ1v) is 7.78. The van der Waals surface area contributed by atoms with Gasteiger partial charge in [0, 0.05) is 18.8 Å². The minimum Gasteiger partial charge on any atom is -0.393 e. The summed E-state index contributed by atoms with van der Waals surface area (Å²) >= 11 is 0. The van der Waals surface area contributed by atoms with E-state index in [1.807, 2.05) is 0 Å². The molecule has 0 N–H and O–H groups in total. The fraction of sp³-hybridized carbons (Fsp3) is 1.00. The molecular weight excluding hydrogens is 204 g/mol. The summed E-state index contributed by atoms with van der Waals surface area (Å²) in [5, 5.41) is 0. The van der Waals surface area contributed by atoms with Crippen molar-refractivity contribution in [2.24, 2.45) is 0 Å². The monoisotopic (exact) mass is 231 g/mol. The van der Waals surface area contributed by atoms with Gasteiger partial charge < -0.3 is 8.85 Å². The highest BCUT2D eigenvalue weighted by molar-refractivity contribution is 6.46. The molecule has 0 aromatic heterocycles. The molecule has 1 radical (unpaired) electrons. The van der Waals surface area contributed by atoms with Crippen LogP contribution in [0.2, 0.25) is 5.54 Å². The van der Waals surface area contributed by atoms with Crippen molar-refractivity contribution in [2.75, 3.05) is 13.2 Å². The number of hydrogen-bond donors (Lipinski definition) is 0. The third-order valence-corrected chi connectivity index (χ3v) is 4.69. The molecule has 3 heteroatoms. The van der Waals surface area contributed by atoms with Crippen LogP contribution in [0.25, 0.3) is 0 Å². The molecule has 1 unspecified atom stereocenters. The molecule has 0 aliphatic heterocycles. The quantitative estimate of drug-likeness (QED) is 0.419. The average Bonchev–Trinajstić information content (AvgIpc) is 2.26. The van der Waals surface area contributed by atoms with Crippen LogP contribution in [0.1, 0.15) is 59.8 Å². The van der Waals surface area contributed by atoms with Gasteiger partial charge in [0.15, 0.2) is 0 Å². The topological polar surface area (TPSA) is 18.5 Å². The van der Waals surface area contributed by atoms with Gasteiger partial charge in [0.25, 0.3) is 0 Å². The highest BCUT2D eigenvalue weighted by atomic mass is 28.3. The second-order valence-corrected chi connectivity index (χ2v) is 6.23. The summed E-state index contributed by atoms with van der Waals surface area (Å²) in [6.07, 6.45) is 5.87. The van der Waals surface area contributed by atoms with Gasteiger partial charge in [0.1, 0.15) is 0 Å². The van der Waals surface area contributed by atoms with Crippen LogP contribution in [0, 0.1) is 0 Å². The highest BCUT2D eigenvalue weighted by Gasteiger charge is 2.22. The van der Waals surface area contributed by atoms with Crippen LogP contribution in [0.3, 0.4) is 0 Å². The van der Waals surface area contributed by atoms with E-state index in [1.54, 1.807) is 0 Å². The van der Waals surface area contributed by atoms with E-state index < -0.39 is 9.28 Å². The van der Waals surface area contributed by atoms with Crippen molar-refractivity contribution in [3.63, 3.8) is 0 Å². The zero-order valence-corrected chi connectivity index (χ0v) is 11.8. The van der Waals surface area contributed by atoms with E-state index in [1.165, 1.54) is 12.8 Å². The van der Waals surface area contributed by atoms with E-state index in [0.717, 1.165) is 32.5 Å². The molecule has 0 saturated carbocycles. The van der Waals surface area contributed by atoms with Crippen LogP contribution in [0.5, 0.6) is 0 Å². The number of hydrogen-bond acceptors (Lipinski definition) is 2. The molecule has 0 fully saturated rings. The largest absolute Gasteiger partial charge is 0.393 e. The minimum atomic E-state index is -1.02. The van der Waals surface area contributed by atoms with Gasteiger partial charge in [0.05, 0.1) is 0 Å². The predicted molar refractivity (Wildman–Crippen MR) is 67.2 cm³/mol. The molecule has 0 saturated heterocycles. The summed E-state index contributed by atoms with van der Waals surface area (Å²) in [6.45, 7) is 10.6. The Morgan fingerprint density at radius 1 is 0.933 bits per heavy atom. The van der Waals surface area contributed by atoms with Crippen LogP contribution in [-0.2, 0) is 8.85 Å². The van der Waals surface area contributed by atoms with E-state index in [9.17, 15) is 0 Å². The molecule has 0 aliphatic rings. The lowest BCUT2D eigenvalue weighted by molar-refractivity contribution is 0.183. The van der Waals surface area contributed by atoms with Crippen molar-refractivity contribution in [3.05, 3.63) is 0 Å². The summed E-state index contributed by atoms with van der Waals surface area (Å²) in [5.74, 6) is 0. The van der Waals surface area contributed by atoms with Crippen molar-refractivity contribution in [2.45, 2.75) is 65.3 Å². The molecule has 0 amide bonds. The third-order valence-electron chi connectivity index (χ3n) is 2.50. The van der Waals surface area contributed by atoms with Crippen molar-refractivity contribution >= 4 is 9.28 Å². The number of unbranched alkanes of at least 4 members (excludes halogenated alkanes) is 2. The summed E-state index contributed by atoms with van der Waals surface area (Å²) in [5.41, 5.74) is 0.601. The van der Waals surface area contributed by atoms with Crippen LogP contribution in [0.4, 0.5) is 0 Å². The fourth-order valence-corrected chi connectivity index (χ4v) is 2.80. The molecule has 15 heavy (non-hydrogen) atoms. The van der Waals surface area contributed by atoms with E-state index in [0.29, 0.717) is 5.54 Å². The second kappa shape index (κ2) is 10.6. The lowest BCUT2D eigenvalue weighted by Gasteiger charge is -2.20. The van der Waals surface area contributed by atoms with Gasteiger partial charge >= 0.3 is 9.28 Å². The van der Waals surface area contributed by atoms with E-state index in [-0.39, 0.29) is 0 Å². The van der Waals surface area contributed by atoms with Gasteiger partial charge in [-0.3, -0.25) is 0 Å². The smallest absolute Gasteiger partial charge is 0.387 e. The standard InChI is InChI=1S/C12H27O2Si/c1-5-8-10-13-15(12(4)7-3)14-11-9-6-2/h12H,5-11H2,1-4H3. The molecule has 2 nitrogen and oxygen atoms in total. The Hall–Kier alpha value is 0.137. The van der Waals surface area contributed by atoms with Gasteiger partial charge in [-0.25, -0.2) is 0 Å².